The summed E-state index contributed by atoms with van der Waals surface area (Å²) in [5.41, 5.74) is 5.07. The lowest BCUT2D eigenvalue weighted by molar-refractivity contribution is -0.139. The zero-order chi connectivity index (χ0) is 21.7. The molecule has 0 saturated heterocycles. The van der Waals surface area contributed by atoms with E-state index in [1.165, 1.54) is 25.7 Å². The molecule has 0 bridgehead atoms. The summed E-state index contributed by atoms with van der Waals surface area (Å²) in [5, 5.41) is 21.3. The van der Waals surface area contributed by atoms with Gasteiger partial charge in [-0.25, -0.2) is 0 Å². The zero-order valence-corrected chi connectivity index (χ0v) is 18.2. The number of amides is 1. The highest BCUT2D eigenvalue weighted by molar-refractivity contribution is 5.77. The monoisotopic (exact) mass is 410 g/mol. The number of aliphatic hydroxyl groups is 1. The second kappa shape index (κ2) is 19.6. The summed E-state index contributed by atoms with van der Waals surface area (Å²) in [6.45, 7) is 2.49. The highest BCUT2D eigenvalue weighted by Crippen LogP contribution is 2.08. The molecule has 0 aromatic rings. The number of nitrogens with one attached hydrogen (secondary N) is 1. The number of hydrogen-bond acceptors (Lipinski definition) is 4. The maximum atomic E-state index is 11.1. The molecule has 0 aliphatic carbocycles. The maximum Gasteiger partial charge on any atom is 0.320 e. The van der Waals surface area contributed by atoms with E-state index in [1.54, 1.807) is 0 Å². The first-order valence-electron chi connectivity index (χ1n) is 11.2. The van der Waals surface area contributed by atoms with Gasteiger partial charge in [-0.15, -0.1) is 0 Å². The lowest BCUT2D eigenvalue weighted by Crippen LogP contribution is -2.38. The number of aliphatic carboxylic acids is 1. The molecule has 0 heterocycles. The number of nitrogens with two attached hydrogens (primary N) is 1. The first-order valence-corrected chi connectivity index (χ1v) is 11.2. The van der Waals surface area contributed by atoms with Gasteiger partial charge in [-0.05, 0) is 64.8 Å². The molecule has 5 N–H and O–H groups in total. The molecule has 0 saturated carbocycles. The Hall–Kier alpha value is -1.66. The number of hydrogen-bond donors (Lipinski definition) is 4. The van der Waals surface area contributed by atoms with E-state index in [4.69, 9.17) is 15.9 Å². The Morgan fingerprint density at radius 1 is 0.897 bits per heavy atom. The molecule has 0 fully saturated rings. The van der Waals surface area contributed by atoms with E-state index in [0.29, 0.717) is 6.54 Å². The van der Waals surface area contributed by atoms with E-state index in [9.17, 15) is 9.59 Å². The molecule has 0 radical (unpaired) electrons. The van der Waals surface area contributed by atoms with Crippen LogP contribution in [-0.4, -0.2) is 40.8 Å². The summed E-state index contributed by atoms with van der Waals surface area (Å²) in [4.78, 5) is 21.8. The summed E-state index contributed by atoms with van der Waals surface area (Å²) in [6.07, 6.45) is 20.9. The van der Waals surface area contributed by atoms with Crippen LogP contribution in [0.1, 0.15) is 90.4 Å². The molecule has 29 heavy (non-hydrogen) atoms. The lowest BCUT2D eigenvalue weighted by atomic mass is 10.1. The minimum atomic E-state index is -0.925. The number of carbonyl (C=O) groups excluding carboxylic acids is 1. The van der Waals surface area contributed by atoms with Gasteiger partial charge in [0.1, 0.15) is 6.04 Å². The molecule has 0 rings (SSSR count). The number of unbranched alkanes of at least 4 members (excludes halogenated alkanes) is 7. The van der Waals surface area contributed by atoms with E-state index >= 15 is 0 Å². The molecule has 2 atom stereocenters. The quantitative estimate of drug-likeness (QED) is 0.178. The standard InChI is InChI=1S/C23H42N2O4/c1-20(26)16-14-12-10-8-6-4-2-3-5-7-9-11-13-15-19-25-21(23(28)29)17-18-22(24)27/h2,4,8,10,20-21,25-26H,3,5-7,9,11-19H2,1H3,(H2,24,27)(H,28,29)/b4-2-,10-8-/t20?,21-/m0/s1. The van der Waals surface area contributed by atoms with Crippen LogP contribution in [0.2, 0.25) is 0 Å². The summed E-state index contributed by atoms with van der Waals surface area (Å²) in [6, 6.07) is -0.687. The maximum absolute atomic E-state index is 11.1. The van der Waals surface area contributed by atoms with Crippen LogP contribution in [0.3, 0.4) is 0 Å². The fourth-order valence-corrected chi connectivity index (χ4v) is 3.01. The largest absolute Gasteiger partial charge is 0.480 e. The Bertz CT molecular complexity index is 475. The lowest BCUT2D eigenvalue weighted by Gasteiger charge is -2.13. The van der Waals surface area contributed by atoms with E-state index in [-0.39, 0.29) is 18.9 Å². The Morgan fingerprint density at radius 3 is 2.07 bits per heavy atom. The van der Waals surface area contributed by atoms with Gasteiger partial charge in [-0.1, -0.05) is 50.0 Å². The first kappa shape index (κ1) is 27.3. The van der Waals surface area contributed by atoms with Crippen molar-refractivity contribution < 1.29 is 19.8 Å². The van der Waals surface area contributed by atoms with Crippen molar-refractivity contribution in [1.29, 1.82) is 0 Å². The summed E-state index contributed by atoms with van der Waals surface area (Å²) >= 11 is 0. The number of allylic oxidation sites excluding steroid dienone is 4. The van der Waals surface area contributed by atoms with Gasteiger partial charge < -0.3 is 21.3 Å². The van der Waals surface area contributed by atoms with Crippen molar-refractivity contribution in [2.24, 2.45) is 5.73 Å². The SMILES string of the molecule is CC(O)CCC/C=C\C/C=C\CCCCCCCCN[C@@H](CCC(N)=O)C(=O)O. The number of carboxylic acid groups (broad SMARTS) is 1. The molecular weight excluding hydrogens is 368 g/mol. The van der Waals surface area contributed by atoms with Crippen LogP contribution >= 0.6 is 0 Å². The third kappa shape index (κ3) is 20.9. The Labute approximate surface area is 176 Å². The van der Waals surface area contributed by atoms with Crippen LogP contribution in [0, 0.1) is 0 Å². The highest BCUT2D eigenvalue weighted by Gasteiger charge is 2.16. The minimum absolute atomic E-state index is 0.0959. The Kier molecular flexibility index (Phi) is 18.5. The first-order chi connectivity index (χ1) is 13.9. The van der Waals surface area contributed by atoms with Crippen LogP contribution in [0.15, 0.2) is 24.3 Å². The topological polar surface area (TPSA) is 113 Å². The van der Waals surface area contributed by atoms with Gasteiger partial charge in [-0.3, -0.25) is 9.59 Å². The summed E-state index contributed by atoms with van der Waals surface area (Å²) in [7, 11) is 0. The van der Waals surface area contributed by atoms with E-state index < -0.39 is 17.9 Å². The van der Waals surface area contributed by atoms with Crippen LogP contribution in [0.5, 0.6) is 0 Å². The summed E-state index contributed by atoms with van der Waals surface area (Å²) in [5.74, 6) is -1.39. The number of primary amides is 1. The molecule has 0 aliphatic heterocycles. The van der Waals surface area contributed by atoms with Crippen molar-refractivity contribution in [1.82, 2.24) is 5.32 Å². The third-order valence-corrected chi connectivity index (χ3v) is 4.76. The van der Waals surface area contributed by atoms with Crippen molar-refractivity contribution in [3.05, 3.63) is 24.3 Å². The predicted octanol–water partition coefficient (Wildman–Crippen LogP) is 4.08. The molecule has 0 aliphatic rings. The van der Waals surface area contributed by atoms with Crippen LogP contribution in [0.25, 0.3) is 0 Å². The normalized spacial score (nSPS) is 13.9. The smallest absolute Gasteiger partial charge is 0.320 e. The molecule has 168 valence electrons. The predicted molar refractivity (Wildman–Crippen MR) is 119 cm³/mol. The Balaban J connectivity index is 3.45. The molecule has 0 aromatic carbocycles. The van der Waals surface area contributed by atoms with Crippen LogP contribution in [0.4, 0.5) is 0 Å². The zero-order valence-electron chi connectivity index (χ0n) is 18.2. The van der Waals surface area contributed by atoms with Gasteiger partial charge in [0, 0.05) is 6.42 Å². The van der Waals surface area contributed by atoms with Gasteiger partial charge in [0.15, 0.2) is 0 Å². The number of carbonyl (C=O) groups is 2. The summed E-state index contributed by atoms with van der Waals surface area (Å²) < 4.78 is 0. The molecule has 1 amide bonds. The van der Waals surface area contributed by atoms with Gasteiger partial charge in [-0.2, -0.15) is 0 Å². The fourth-order valence-electron chi connectivity index (χ4n) is 3.01. The molecule has 1 unspecified atom stereocenters. The second-order valence-electron chi connectivity index (χ2n) is 7.72. The average Bonchev–Trinajstić information content (AvgIpc) is 2.65. The Morgan fingerprint density at radius 2 is 1.48 bits per heavy atom. The highest BCUT2D eigenvalue weighted by atomic mass is 16.4. The number of rotatable bonds is 20. The molecule has 0 aromatic heterocycles. The molecule has 0 spiro atoms. The van der Waals surface area contributed by atoms with E-state index in [0.717, 1.165) is 44.9 Å². The average molecular weight is 411 g/mol. The number of aliphatic hydroxyl groups excluding tert-OH is 1. The van der Waals surface area contributed by atoms with Gasteiger partial charge >= 0.3 is 5.97 Å². The molecule has 6 nitrogen and oxygen atoms in total. The van der Waals surface area contributed by atoms with Gasteiger partial charge in [0.25, 0.3) is 0 Å². The van der Waals surface area contributed by atoms with Crippen molar-refractivity contribution in [2.75, 3.05) is 6.54 Å². The molecule has 6 heteroatoms. The van der Waals surface area contributed by atoms with Crippen molar-refractivity contribution in [2.45, 2.75) is 103 Å². The van der Waals surface area contributed by atoms with Crippen molar-refractivity contribution >= 4 is 11.9 Å². The van der Waals surface area contributed by atoms with Crippen molar-refractivity contribution in [3.63, 3.8) is 0 Å². The second-order valence-corrected chi connectivity index (χ2v) is 7.72. The van der Waals surface area contributed by atoms with E-state index in [2.05, 4.69) is 29.6 Å². The van der Waals surface area contributed by atoms with E-state index in [1.807, 2.05) is 6.92 Å². The van der Waals surface area contributed by atoms with Crippen LogP contribution < -0.4 is 11.1 Å². The molecular formula is C23H42N2O4. The third-order valence-electron chi connectivity index (χ3n) is 4.76. The van der Waals surface area contributed by atoms with Gasteiger partial charge in [0.2, 0.25) is 5.91 Å². The number of carboxylic acids is 1. The van der Waals surface area contributed by atoms with Crippen molar-refractivity contribution in [3.8, 4) is 0 Å². The fraction of sp³-hybridized carbons (Fsp3) is 0.739. The minimum Gasteiger partial charge on any atom is -0.480 e. The van der Waals surface area contributed by atoms with Gasteiger partial charge in [0.05, 0.1) is 6.10 Å². The van der Waals surface area contributed by atoms with Crippen LogP contribution in [-0.2, 0) is 9.59 Å².